The van der Waals surface area contributed by atoms with E-state index in [1.807, 2.05) is 22.6 Å². The average molecular weight is 675 g/mol. The third kappa shape index (κ3) is 5.56. The number of aromatic nitrogens is 3. The van der Waals surface area contributed by atoms with Gasteiger partial charge < -0.3 is 20.5 Å². The summed E-state index contributed by atoms with van der Waals surface area (Å²) in [5, 5.41) is 14.5. The number of hydrogen-bond acceptors (Lipinski definition) is 7. The number of carbonyl (C=O) groups excluding carboxylic acids is 1. The van der Waals surface area contributed by atoms with E-state index >= 15 is 0 Å². The minimum atomic E-state index is -0.623. The molecule has 0 aliphatic heterocycles. The molecule has 4 aromatic rings. The molecule has 0 saturated heterocycles. The molecule has 214 valence electrons. The predicted molar refractivity (Wildman–Crippen MR) is 161 cm³/mol. The van der Waals surface area contributed by atoms with E-state index in [2.05, 4.69) is 10.6 Å². The molecule has 0 unspecified atom stereocenters. The van der Waals surface area contributed by atoms with Gasteiger partial charge in [-0.25, -0.2) is 9.18 Å². The highest BCUT2D eigenvalue weighted by Crippen LogP contribution is 2.34. The third-order valence-corrected chi connectivity index (χ3v) is 7.47. The number of rotatable bonds is 9. The Morgan fingerprint density at radius 2 is 1.90 bits per heavy atom. The van der Waals surface area contributed by atoms with Gasteiger partial charge in [-0.3, -0.25) is 28.1 Å². The number of aliphatic hydroxyl groups excluding tert-OH is 1. The number of hydrogen-bond donors (Lipinski definition) is 3. The van der Waals surface area contributed by atoms with E-state index in [9.17, 15) is 23.6 Å². The summed E-state index contributed by atoms with van der Waals surface area (Å²) in [4.78, 5) is 53.6. The van der Waals surface area contributed by atoms with Crippen molar-refractivity contribution in [3.63, 3.8) is 0 Å². The van der Waals surface area contributed by atoms with Crippen LogP contribution in [0.5, 0.6) is 0 Å². The standard InChI is InChI=1S/C28H27FIN5O6/c1-15-24-23(25(33(2)26(15)38)32-21-9-6-16(30)12-20(21)29)27(39)35(18-7-8-18)28(40)34(24)19-5-3-4-17(13-19)31-22(37)14-41-11-10-36/h3-6,9,12-13,18,32,36H,7-8,10-11,14H2,1-2H3,(H,31,37). The first kappa shape index (κ1) is 28.7. The summed E-state index contributed by atoms with van der Waals surface area (Å²) in [6.45, 7) is 1.04. The molecule has 41 heavy (non-hydrogen) atoms. The quantitative estimate of drug-likeness (QED) is 0.183. The second kappa shape index (κ2) is 11.6. The van der Waals surface area contributed by atoms with Gasteiger partial charge in [-0.1, -0.05) is 6.07 Å². The summed E-state index contributed by atoms with van der Waals surface area (Å²) in [5.41, 5.74) is -0.717. The van der Waals surface area contributed by atoms with Gasteiger partial charge in [-0.15, -0.1) is 0 Å². The molecule has 1 saturated carbocycles. The molecule has 1 amide bonds. The van der Waals surface area contributed by atoms with Crippen LogP contribution in [0.2, 0.25) is 0 Å². The molecule has 5 rings (SSSR count). The van der Waals surface area contributed by atoms with E-state index in [1.54, 1.807) is 30.3 Å². The number of halogens is 2. The van der Waals surface area contributed by atoms with E-state index < -0.39 is 28.5 Å². The molecule has 0 atom stereocenters. The first-order valence-corrected chi connectivity index (χ1v) is 13.9. The van der Waals surface area contributed by atoms with Crippen molar-refractivity contribution in [1.82, 2.24) is 13.7 Å². The number of anilines is 3. The maximum absolute atomic E-state index is 14.9. The van der Waals surface area contributed by atoms with Crippen molar-refractivity contribution in [3.8, 4) is 5.69 Å². The predicted octanol–water partition coefficient (Wildman–Crippen LogP) is 2.93. The Morgan fingerprint density at radius 3 is 2.59 bits per heavy atom. The second-order valence-electron chi connectivity index (χ2n) is 9.71. The van der Waals surface area contributed by atoms with Gasteiger partial charge >= 0.3 is 5.69 Å². The summed E-state index contributed by atoms with van der Waals surface area (Å²) >= 11 is 1.98. The highest BCUT2D eigenvalue weighted by molar-refractivity contribution is 14.1. The molecule has 3 N–H and O–H groups in total. The number of amides is 1. The maximum atomic E-state index is 14.9. The number of nitrogens with zero attached hydrogens (tertiary/aromatic N) is 3. The summed E-state index contributed by atoms with van der Waals surface area (Å²) in [7, 11) is 1.48. The summed E-state index contributed by atoms with van der Waals surface area (Å²) in [6, 6.07) is 10.6. The highest BCUT2D eigenvalue weighted by atomic mass is 127. The van der Waals surface area contributed by atoms with Gasteiger partial charge in [0.25, 0.3) is 11.1 Å². The molecular weight excluding hydrogens is 648 g/mol. The van der Waals surface area contributed by atoms with Crippen LogP contribution < -0.4 is 27.4 Å². The maximum Gasteiger partial charge on any atom is 0.336 e. The van der Waals surface area contributed by atoms with Gasteiger partial charge in [-0.05, 0) is 78.8 Å². The van der Waals surface area contributed by atoms with Crippen LogP contribution in [0, 0.1) is 16.3 Å². The lowest BCUT2D eigenvalue weighted by Crippen LogP contribution is -2.41. The molecule has 2 aromatic heterocycles. The molecule has 1 aliphatic carbocycles. The van der Waals surface area contributed by atoms with Crippen LogP contribution >= 0.6 is 22.6 Å². The smallest absolute Gasteiger partial charge is 0.336 e. The Kier molecular flexibility index (Phi) is 8.11. The number of aliphatic hydroxyl groups is 1. The SMILES string of the molecule is Cc1c(=O)n(C)c(Nc2ccc(I)cc2F)c2c(=O)n(C3CC3)c(=O)n(-c3cccc(NC(=O)COCCO)c3)c12. The van der Waals surface area contributed by atoms with Crippen molar-refractivity contribution in [2.45, 2.75) is 25.8 Å². The fourth-order valence-electron chi connectivity index (χ4n) is 4.72. The second-order valence-corrected chi connectivity index (χ2v) is 11.0. The Hall–Kier alpha value is -3.82. The van der Waals surface area contributed by atoms with Crippen molar-refractivity contribution in [1.29, 1.82) is 0 Å². The Morgan fingerprint density at radius 1 is 1.15 bits per heavy atom. The van der Waals surface area contributed by atoms with Crippen molar-refractivity contribution in [2.75, 3.05) is 30.5 Å². The molecule has 2 aromatic carbocycles. The van der Waals surface area contributed by atoms with E-state index in [0.717, 1.165) is 0 Å². The molecule has 0 bridgehead atoms. The van der Waals surface area contributed by atoms with Gasteiger partial charge in [0, 0.05) is 27.9 Å². The van der Waals surface area contributed by atoms with Crippen molar-refractivity contribution >= 4 is 56.6 Å². The van der Waals surface area contributed by atoms with E-state index in [1.165, 1.54) is 39.8 Å². The summed E-state index contributed by atoms with van der Waals surface area (Å²) in [5.74, 6) is -0.985. The third-order valence-electron chi connectivity index (χ3n) is 6.80. The molecule has 0 spiro atoms. The molecule has 13 heteroatoms. The molecule has 1 aliphatic rings. The molecule has 0 radical (unpaired) electrons. The zero-order chi connectivity index (χ0) is 29.4. The fraction of sp³-hybridized carbons (Fsp3) is 0.286. The lowest BCUT2D eigenvalue weighted by molar-refractivity contribution is -0.120. The Bertz CT molecular complexity index is 1860. The zero-order valence-electron chi connectivity index (χ0n) is 22.2. The number of ether oxygens (including phenoxy) is 1. The van der Waals surface area contributed by atoms with E-state index in [4.69, 9.17) is 9.84 Å². The van der Waals surface area contributed by atoms with Crippen molar-refractivity contribution in [2.24, 2.45) is 7.05 Å². The topological polar surface area (TPSA) is 137 Å². The van der Waals surface area contributed by atoms with Crippen LogP contribution in [0.15, 0.2) is 56.8 Å². The first-order chi connectivity index (χ1) is 19.6. The largest absolute Gasteiger partial charge is 0.394 e. The zero-order valence-corrected chi connectivity index (χ0v) is 24.4. The molecular formula is C28H27FIN5O6. The molecule has 11 nitrogen and oxygen atoms in total. The van der Waals surface area contributed by atoms with Crippen molar-refractivity contribution in [3.05, 3.63) is 88.6 Å². The van der Waals surface area contributed by atoms with Gasteiger partial charge in [-0.2, -0.15) is 0 Å². The van der Waals surface area contributed by atoms with Gasteiger partial charge in [0.05, 0.1) is 30.1 Å². The highest BCUT2D eigenvalue weighted by Gasteiger charge is 2.31. The number of carbonyl (C=O) groups is 1. The van der Waals surface area contributed by atoms with Gasteiger partial charge in [0.15, 0.2) is 0 Å². The lowest BCUT2D eigenvalue weighted by Gasteiger charge is -2.21. The minimum absolute atomic E-state index is 0.00821. The number of aryl methyl sites for hydroxylation is 1. The fourth-order valence-corrected chi connectivity index (χ4v) is 5.18. The minimum Gasteiger partial charge on any atom is -0.394 e. The molecule has 2 heterocycles. The average Bonchev–Trinajstić information content (AvgIpc) is 3.76. The number of nitrogens with one attached hydrogen (secondary N) is 2. The van der Waals surface area contributed by atoms with Crippen molar-refractivity contribution < 1.29 is 19.0 Å². The van der Waals surface area contributed by atoms with Crippen LogP contribution in [-0.4, -0.2) is 44.5 Å². The number of fused-ring (bicyclic) bond motifs is 1. The van der Waals surface area contributed by atoms with Crippen LogP contribution in [0.25, 0.3) is 16.6 Å². The molecule has 1 fully saturated rings. The summed E-state index contributed by atoms with van der Waals surface area (Å²) < 4.78 is 24.3. The number of pyridine rings is 1. The van der Waals surface area contributed by atoms with E-state index in [0.29, 0.717) is 27.8 Å². The first-order valence-electron chi connectivity index (χ1n) is 12.8. The number of benzene rings is 2. The van der Waals surface area contributed by atoms with Crippen LogP contribution in [0.3, 0.4) is 0 Å². The van der Waals surface area contributed by atoms with Gasteiger partial charge in [0.1, 0.15) is 23.6 Å². The van der Waals surface area contributed by atoms with Gasteiger partial charge in [0.2, 0.25) is 5.91 Å². The lowest BCUT2D eigenvalue weighted by atomic mass is 10.1. The normalized spacial score (nSPS) is 13.0. The van der Waals surface area contributed by atoms with Crippen LogP contribution in [-0.2, 0) is 16.6 Å². The Balaban J connectivity index is 1.75. The Labute approximate surface area is 246 Å². The van der Waals surface area contributed by atoms with Crippen LogP contribution in [0.1, 0.15) is 24.4 Å². The van der Waals surface area contributed by atoms with E-state index in [-0.39, 0.29) is 53.8 Å². The van der Waals surface area contributed by atoms with Crippen LogP contribution in [0.4, 0.5) is 21.6 Å². The summed E-state index contributed by atoms with van der Waals surface area (Å²) in [6.07, 6.45) is 1.29. The monoisotopic (exact) mass is 675 g/mol.